The van der Waals surface area contributed by atoms with Crippen LogP contribution in [0.15, 0.2) is 72.9 Å². The highest BCUT2D eigenvalue weighted by molar-refractivity contribution is 7.80. The second-order valence-electron chi connectivity index (χ2n) is 8.46. The summed E-state index contributed by atoms with van der Waals surface area (Å²) in [6.07, 6.45) is 1.81. The van der Waals surface area contributed by atoms with E-state index in [4.69, 9.17) is 40.2 Å². The van der Waals surface area contributed by atoms with Crippen LogP contribution in [0.1, 0.15) is 34.7 Å². The minimum Gasteiger partial charge on any atom is -0.497 e. The molecule has 2 atom stereocenters. The third-order valence-electron chi connectivity index (χ3n) is 6.37. The fourth-order valence-electron chi connectivity index (χ4n) is 4.83. The van der Waals surface area contributed by atoms with E-state index >= 15 is 0 Å². The SMILES string of the molecule is COc1cccc(N2C(=S)N[C@H](c3ccccn3)[C@@H]2c2cc(C)n(-c3ccc(Cl)cc3Cl)c2C)c1. The van der Waals surface area contributed by atoms with Crippen LogP contribution in [0.2, 0.25) is 10.0 Å². The first-order valence-corrected chi connectivity index (χ1v) is 12.3. The van der Waals surface area contributed by atoms with E-state index in [1.165, 1.54) is 0 Å². The highest BCUT2D eigenvalue weighted by atomic mass is 35.5. The van der Waals surface area contributed by atoms with Crippen LogP contribution < -0.4 is 15.0 Å². The molecule has 1 aliphatic rings. The first-order chi connectivity index (χ1) is 16.9. The number of anilines is 1. The van der Waals surface area contributed by atoms with E-state index in [0.29, 0.717) is 15.2 Å². The number of hydrogen-bond acceptors (Lipinski definition) is 3. The van der Waals surface area contributed by atoms with Crippen molar-refractivity contribution in [3.8, 4) is 11.4 Å². The largest absolute Gasteiger partial charge is 0.497 e. The number of nitrogens with zero attached hydrogens (tertiary/aromatic N) is 3. The molecule has 0 bridgehead atoms. The number of aromatic nitrogens is 2. The summed E-state index contributed by atoms with van der Waals surface area (Å²) in [5.41, 5.74) is 5.99. The minimum absolute atomic E-state index is 0.143. The fraction of sp³-hybridized carbons (Fsp3) is 0.185. The number of benzene rings is 2. The van der Waals surface area contributed by atoms with Gasteiger partial charge in [0.25, 0.3) is 0 Å². The number of nitrogens with one attached hydrogen (secondary N) is 1. The van der Waals surface area contributed by atoms with Crippen molar-refractivity contribution in [1.29, 1.82) is 0 Å². The summed E-state index contributed by atoms with van der Waals surface area (Å²) in [7, 11) is 1.66. The number of aryl methyl sites for hydroxylation is 1. The van der Waals surface area contributed by atoms with Crippen molar-refractivity contribution in [1.82, 2.24) is 14.9 Å². The number of methoxy groups -OCH3 is 1. The Morgan fingerprint density at radius 2 is 1.83 bits per heavy atom. The van der Waals surface area contributed by atoms with Crippen LogP contribution in [-0.4, -0.2) is 21.8 Å². The molecule has 178 valence electrons. The van der Waals surface area contributed by atoms with Crippen molar-refractivity contribution in [2.45, 2.75) is 25.9 Å². The van der Waals surface area contributed by atoms with Crippen molar-refractivity contribution in [2.24, 2.45) is 0 Å². The van der Waals surface area contributed by atoms with Gasteiger partial charge in [-0.25, -0.2) is 0 Å². The summed E-state index contributed by atoms with van der Waals surface area (Å²) in [5, 5.41) is 5.35. The highest BCUT2D eigenvalue weighted by Crippen LogP contribution is 2.44. The number of ether oxygens (including phenoxy) is 1. The quantitative estimate of drug-likeness (QED) is 0.286. The first kappa shape index (κ1) is 23.7. The van der Waals surface area contributed by atoms with Gasteiger partial charge < -0.3 is 19.5 Å². The maximum absolute atomic E-state index is 6.61. The van der Waals surface area contributed by atoms with E-state index in [-0.39, 0.29) is 12.1 Å². The Balaban J connectivity index is 1.69. The monoisotopic (exact) mass is 522 g/mol. The fourth-order valence-corrected chi connectivity index (χ4v) is 5.67. The lowest BCUT2D eigenvalue weighted by atomic mass is 9.96. The van der Waals surface area contributed by atoms with Crippen molar-refractivity contribution in [3.05, 3.63) is 106 Å². The van der Waals surface area contributed by atoms with Gasteiger partial charge in [-0.05, 0) is 80.2 Å². The molecule has 2 aromatic carbocycles. The summed E-state index contributed by atoms with van der Waals surface area (Å²) in [4.78, 5) is 6.80. The molecule has 8 heteroatoms. The smallest absolute Gasteiger partial charge is 0.174 e. The number of hydrogen-bond donors (Lipinski definition) is 1. The maximum atomic E-state index is 6.61. The molecule has 35 heavy (non-hydrogen) atoms. The van der Waals surface area contributed by atoms with Gasteiger partial charge in [-0.2, -0.15) is 0 Å². The average Bonchev–Trinajstić information content (AvgIpc) is 3.35. The van der Waals surface area contributed by atoms with Crippen LogP contribution in [0.25, 0.3) is 5.69 Å². The van der Waals surface area contributed by atoms with Crippen LogP contribution in [0.4, 0.5) is 5.69 Å². The normalized spacial score (nSPS) is 17.5. The van der Waals surface area contributed by atoms with Crippen LogP contribution in [0.5, 0.6) is 5.75 Å². The summed E-state index contributed by atoms with van der Waals surface area (Å²) in [6.45, 7) is 4.18. The second kappa shape index (κ2) is 9.53. The van der Waals surface area contributed by atoms with Crippen molar-refractivity contribution >= 4 is 46.2 Å². The third kappa shape index (κ3) is 4.27. The molecule has 2 aromatic heterocycles. The minimum atomic E-state index is -0.149. The Labute approximate surface area is 220 Å². The molecule has 5 nitrogen and oxygen atoms in total. The lowest BCUT2D eigenvalue weighted by Crippen LogP contribution is -2.29. The molecule has 0 spiro atoms. The van der Waals surface area contributed by atoms with Gasteiger partial charge in [0.15, 0.2) is 5.11 Å². The molecule has 0 saturated carbocycles. The van der Waals surface area contributed by atoms with Gasteiger partial charge in [-0.3, -0.25) is 4.98 Å². The van der Waals surface area contributed by atoms with Crippen LogP contribution in [-0.2, 0) is 0 Å². The topological polar surface area (TPSA) is 42.3 Å². The molecule has 5 rings (SSSR count). The lowest BCUT2D eigenvalue weighted by Gasteiger charge is -2.28. The molecule has 1 N–H and O–H groups in total. The Hall–Kier alpha value is -3.06. The lowest BCUT2D eigenvalue weighted by molar-refractivity contribution is 0.415. The standard InChI is InChI=1S/C27H24Cl2N4OS/c1-16-13-21(17(2)32(16)24-11-10-18(28)14-22(24)29)26-25(23-9-4-5-12-30-23)31-27(35)33(26)19-7-6-8-20(15-19)34-3/h4-15,25-26H,1-3H3,(H,31,35)/t25-,26+/m1/s1. The number of pyridine rings is 1. The molecular formula is C27H24Cl2N4OS. The zero-order valence-electron chi connectivity index (χ0n) is 19.5. The molecular weight excluding hydrogens is 499 g/mol. The van der Waals surface area contributed by atoms with Gasteiger partial charge in [0.1, 0.15) is 5.75 Å². The molecule has 0 radical (unpaired) electrons. The Kier molecular flexibility index (Phi) is 6.45. The number of halogens is 2. The third-order valence-corrected chi connectivity index (χ3v) is 7.22. The number of thiocarbonyl (C=S) groups is 1. The molecule has 0 aliphatic carbocycles. The molecule has 1 aliphatic heterocycles. The van der Waals surface area contributed by atoms with Crippen molar-refractivity contribution in [3.63, 3.8) is 0 Å². The van der Waals surface area contributed by atoms with Crippen molar-refractivity contribution < 1.29 is 4.74 Å². The molecule has 0 amide bonds. The van der Waals surface area contributed by atoms with Gasteiger partial charge in [0.05, 0.1) is 35.6 Å². The van der Waals surface area contributed by atoms with E-state index < -0.39 is 0 Å². The zero-order chi connectivity index (χ0) is 24.7. The molecule has 3 heterocycles. The van der Waals surface area contributed by atoms with E-state index in [1.807, 2.05) is 60.8 Å². The highest BCUT2D eigenvalue weighted by Gasteiger charge is 2.42. The molecule has 0 unspecified atom stereocenters. The Morgan fingerprint density at radius 1 is 1.00 bits per heavy atom. The molecule has 1 fully saturated rings. The summed E-state index contributed by atoms with van der Waals surface area (Å²) in [6, 6.07) is 21.3. The van der Waals surface area contributed by atoms with E-state index in [0.717, 1.165) is 39.8 Å². The Morgan fingerprint density at radius 3 is 2.54 bits per heavy atom. The molecule has 1 saturated heterocycles. The van der Waals surface area contributed by atoms with Gasteiger partial charge >= 0.3 is 0 Å². The van der Waals surface area contributed by atoms with E-state index in [9.17, 15) is 0 Å². The number of rotatable bonds is 5. The maximum Gasteiger partial charge on any atom is 0.174 e. The zero-order valence-corrected chi connectivity index (χ0v) is 21.8. The Bertz CT molecular complexity index is 1410. The van der Waals surface area contributed by atoms with E-state index in [1.54, 1.807) is 13.2 Å². The predicted molar refractivity (Wildman–Crippen MR) is 146 cm³/mol. The summed E-state index contributed by atoms with van der Waals surface area (Å²) < 4.78 is 7.66. The first-order valence-electron chi connectivity index (χ1n) is 11.2. The van der Waals surface area contributed by atoms with E-state index in [2.05, 4.69) is 39.7 Å². The van der Waals surface area contributed by atoms with Gasteiger partial charge in [0.2, 0.25) is 0 Å². The average molecular weight is 523 g/mol. The van der Waals surface area contributed by atoms with Crippen LogP contribution in [0.3, 0.4) is 0 Å². The van der Waals surface area contributed by atoms with Crippen molar-refractivity contribution in [2.75, 3.05) is 12.0 Å². The molecule has 4 aromatic rings. The van der Waals surface area contributed by atoms with Gasteiger partial charge in [-0.1, -0.05) is 35.3 Å². The predicted octanol–water partition coefficient (Wildman–Crippen LogP) is 6.98. The summed E-state index contributed by atoms with van der Waals surface area (Å²) in [5.74, 6) is 0.767. The second-order valence-corrected chi connectivity index (χ2v) is 9.69. The summed E-state index contributed by atoms with van der Waals surface area (Å²) >= 11 is 18.6. The van der Waals surface area contributed by atoms with Gasteiger partial charge in [0, 0.05) is 34.4 Å². The van der Waals surface area contributed by atoms with Crippen LogP contribution >= 0.6 is 35.4 Å². The van der Waals surface area contributed by atoms with Gasteiger partial charge in [-0.15, -0.1) is 0 Å². The van der Waals surface area contributed by atoms with Crippen LogP contribution in [0, 0.1) is 13.8 Å².